The van der Waals surface area contributed by atoms with Gasteiger partial charge in [-0.1, -0.05) is 12.1 Å². The molecule has 82 valence electrons. The summed E-state index contributed by atoms with van der Waals surface area (Å²) in [6, 6.07) is 6.62. The standard InChI is InChI=1S/C13H15N3/c1-5-15-13(16-6-1)11-2-3-12-9-14-7-4-10(12)8-11/h1-3,5,8,14H,4,6-7,9H2,(H,15,16). The van der Waals surface area contributed by atoms with Crippen molar-refractivity contribution in [3.63, 3.8) is 0 Å². The van der Waals surface area contributed by atoms with Gasteiger partial charge in [-0.25, -0.2) is 0 Å². The highest BCUT2D eigenvalue weighted by atomic mass is 15.0. The van der Waals surface area contributed by atoms with Crippen LogP contribution in [0.3, 0.4) is 0 Å². The smallest absolute Gasteiger partial charge is 0.132 e. The number of nitrogens with one attached hydrogen (secondary N) is 2. The zero-order chi connectivity index (χ0) is 10.8. The van der Waals surface area contributed by atoms with Crippen LogP contribution in [0.15, 0.2) is 35.5 Å². The second kappa shape index (κ2) is 4.10. The highest BCUT2D eigenvalue weighted by Gasteiger charge is 2.11. The second-order valence-corrected chi connectivity index (χ2v) is 4.15. The van der Waals surface area contributed by atoms with Crippen LogP contribution in [0.1, 0.15) is 16.7 Å². The molecule has 0 fully saturated rings. The largest absolute Gasteiger partial charge is 0.347 e. The average Bonchev–Trinajstić information content (AvgIpc) is 2.39. The lowest BCUT2D eigenvalue weighted by Crippen LogP contribution is -2.25. The van der Waals surface area contributed by atoms with Crippen LogP contribution < -0.4 is 10.6 Å². The van der Waals surface area contributed by atoms with Gasteiger partial charge in [0.05, 0.1) is 6.54 Å². The highest BCUT2D eigenvalue weighted by Crippen LogP contribution is 2.16. The van der Waals surface area contributed by atoms with Crippen LogP contribution in [0.25, 0.3) is 0 Å². The minimum Gasteiger partial charge on any atom is -0.347 e. The molecule has 1 aromatic rings. The van der Waals surface area contributed by atoms with Gasteiger partial charge in [0, 0.05) is 18.3 Å². The predicted octanol–water partition coefficient (Wildman–Crippen LogP) is 1.20. The van der Waals surface area contributed by atoms with Gasteiger partial charge >= 0.3 is 0 Å². The second-order valence-electron chi connectivity index (χ2n) is 4.15. The van der Waals surface area contributed by atoms with Gasteiger partial charge in [-0.2, -0.15) is 0 Å². The summed E-state index contributed by atoms with van der Waals surface area (Å²) in [7, 11) is 0. The highest BCUT2D eigenvalue weighted by molar-refractivity contribution is 6.00. The fourth-order valence-corrected chi connectivity index (χ4v) is 2.18. The lowest BCUT2D eigenvalue weighted by Gasteiger charge is -2.18. The summed E-state index contributed by atoms with van der Waals surface area (Å²) in [5, 5.41) is 6.58. The molecule has 0 aromatic heterocycles. The van der Waals surface area contributed by atoms with Crippen LogP contribution >= 0.6 is 0 Å². The normalized spacial score (nSPS) is 18.6. The Kier molecular flexibility index (Phi) is 2.46. The first-order chi connectivity index (χ1) is 7.93. The SMILES string of the molecule is C1=CNC(c2ccc3c(c2)CCNC3)=NC1. The maximum atomic E-state index is 4.45. The van der Waals surface area contributed by atoms with Crippen molar-refractivity contribution in [3.05, 3.63) is 47.2 Å². The summed E-state index contributed by atoms with van der Waals surface area (Å²) >= 11 is 0. The van der Waals surface area contributed by atoms with Gasteiger partial charge in [-0.15, -0.1) is 0 Å². The van der Waals surface area contributed by atoms with Gasteiger partial charge in [0.15, 0.2) is 0 Å². The van der Waals surface area contributed by atoms with Crippen molar-refractivity contribution >= 4 is 5.84 Å². The van der Waals surface area contributed by atoms with E-state index in [1.54, 1.807) is 0 Å². The zero-order valence-electron chi connectivity index (χ0n) is 9.16. The van der Waals surface area contributed by atoms with E-state index in [1.807, 2.05) is 12.3 Å². The Hall–Kier alpha value is -1.61. The van der Waals surface area contributed by atoms with E-state index in [-0.39, 0.29) is 0 Å². The molecule has 16 heavy (non-hydrogen) atoms. The summed E-state index contributed by atoms with van der Waals surface area (Å²) in [6.45, 7) is 2.85. The van der Waals surface area contributed by atoms with Gasteiger partial charge in [-0.3, -0.25) is 4.99 Å². The van der Waals surface area contributed by atoms with Crippen molar-refractivity contribution in [2.75, 3.05) is 13.1 Å². The van der Waals surface area contributed by atoms with E-state index in [1.165, 1.54) is 16.7 Å². The monoisotopic (exact) mass is 213 g/mol. The number of fused-ring (bicyclic) bond motifs is 1. The van der Waals surface area contributed by atoms with E-state index in [2.05, 4.69) is 33.8 Å². The van der Waals surface area contributed by atoms with Crippen molar-refractivity contribution in [3.8, 4) is 0 Å². The third-order valence-corrected chi connectivity index (χ3v) is 3.06. The minimum atomic E-state index is 0.779. The van der Waals surface area contributed by atoms with E-state index >= 15 is 0 Å². The van der Waals surface area contributed by atoms with Crippen molar-refractivity contribution < 1.29 is 0 Å². The maximum Gasteiger partial charge on any atom is 0.132 e. The van der Waals surface area contributed by atoms with Crippen LogP contribution in [0.5, 0.6) is 0 Å². The van der Waals surface area contributed by atoms with Crippen molar-refractivity contribution in [1.29, 1.82) is 0 Å². The third-order valence-electron chi connectivity index (χ3n) is 3.06. The third kappa shape index (κ3) is 1.74. The molecule has 0 amide bonds. The molecule has 1 aromatic carbocycles. The number of hydrogen-bond donors (Lipinski definition) is 2. The maximum absolute atomic E-state index is 4.45. The quantitative estimate of drug-likeness (QED) is 0.735. The molecule has 0 unspecified atom stereocenters. The number of amidine groups is 1. The van der Waals surface area contributed by atoms with Gasteiger partial charge in [0.25, 0.3) is 0 Å². The molecule has 2 aliphatic rings. The molecular formula is C13H15N3. The van der Waals surface area contributed by atoms with Crippen LogP contribution in [-0.4, -0.2) is 18.9 Å². The van der Waals surface area contributed by atoms with E-state index in [0.717, 1.165) is 31.9 Å². The molecule has 0 bridgehead atoms. The summed E-state index contributed by atoms with van der Waals surface area (Å²) in [6.07, 6.45) is 5.10. The lowest BCUT2D eigenvalue weighted by atomic mass is 9.98. The van der Waals surface area contributed by atoms with Crippen molar-refractivity contribution in [2.45, 2.75) is 13.0 Å². The number of aliphatic imine (C=N–C) groups is 1. The average molecular weight is 213 g/mol. The van der Waals surface area contributed by atoms with E-state index in [9.17, 15) is 0 Å². The van der Waals surface area contributed by atoms with E-state index in [0.29, 0.717) is 0 Å². The first kappa shape index (κ1) is 9.60. The van der Waals surface area contributed by atoms with Crippen molar-refractivity contribution in [1.82, 2.24) is 10.6 Å². The number of hydrogen-bond acceptors (Lipinski definition) is 3. The van der Waals surface area contributed by atoms with E-state index in [4.69, 9.17) is 0 Å². The molecule has 0 saturated heterocycles. The summed E-state index contributed by atoms with van der Waals surface area (Å²) < 4.78 is 0. The van der Waals surface area contributed by atoms with Crippen LogP contribution in [0, 0.1) is 0 Å². The van der Waals surface area contributed by atoms with Gasteiger partial charge < -0.3 is 10.6 Å². The first-order valence-electron chi connectivity index (χ1n) is 5.72. The van der Waals surface area contributed by atoms with Gasteiger partial charge in [0.1, 0.15) is 5.84 Å². The first-order valence-corrected chi connectivity index (χ1v) is 5.72. The Morgan fingerprint density at radius 2 is 2.19 bits per heavy atom. The molecule has 3 heteroatoms. The fourth-order valence-electron chi connectivity index (χ4n) is 2.18. The fraction of sp³-hybridized carbons (Fsp3) is 0.308. The molecule has 0 aliphatic carbocycles. The number of rotatable bonds is 1. The van der Waals surface area contributed by atoms with Crippen molar-refractivity contribution in [2.24, 2.45) is 4.99 Å². The van der Waals surface area contributed by atoms with E-state index < -0.39 is 0 Å². The van der Waals surface area contributed by atoms with Gasteiger partial charge in [0.2, 0.25) is 0 Å². The Bertz CT molecular complexity index is 460. The molecule has 0 radical (unpaired) electrons. The Labute approximate surface area is 95.3 Å². The topological polar surface area (TPSA) is 36.4 Å². The van der Waals surface area contributed by atoms with Crippen LogP contribution in [-0.2, 0) is 13.0 Å². The van der Waals surface area contributed by atoms with Crippen LogP contribution in [0.4, 0.5) is 0 Å². The molecule has 0 saturated carbocycles. The number of benzene rings is 1. The summed E-state index contributed by atoms with van der Waals surface area (Å²) in [5.41, 5.74) is 4.07. The summed E-state index contributed by atoms with van der Waals surface area (Å²) in [5.74, 6) is 0.990. The predicted molar refractivity (Wildman–Crippen MR) is 65.5 cm³/mol. The lowest BCUT2D eigenvalue weighted by molar-refractivity contribution is 0.643. The Balaban J connectivity index is 1.93. The molecule has 2 heterocycles. The number of nitrogens with zero attached hydrogens (tertiary/aromatic N) is 1. The molecule has 3 nitrogen and oxygen atoms in total. The summed E-state index contributed by atoms with van der Waals surface area (Å²) in [4.78, 5) is 4.45. The Morgan fingerprint density at radius 3 is 3.06 bits per heavy atom. The minimum absolute atomic E-state index is 0.779. The molecule has 0 atom stereocenters. The van der Waals surface area contributed by atoms with Gasteiger partial charge in [-0.05, 0) is 36.2 Å². The molecular weight excluding hydrogens is 198 g/mol. The Morgan fingerprint density at radius 1 is 1.19 bits per heavy atom. The van der Waals surface area contributed by atoms with Crippen LogP contribution in [0.2, 0.25) is 0 Å². The zero-order valence-corrected chi connectivity index (χ0v) is 9.16. The molecule has 2 aliphatic heterocycles. The molecule has 3 rings (SSSR count). The molecule has 2 N–H and O–H groups in total. The molecule has 0 spiro atoms.